The fourth-order valence-electron chi connectivity index (χ4n) is 3.63. The number of ether oxygens (including phenoxy) is 2. The van der Waals surface area contributed by atoms with Crippen molar-refractivity contribution in [2.45, 2.75) is 78.3 Å². The van der Waals surface area contributed by atoms with Gasteiger partial charge < -0.3 is 19.8 Å². The average molecular weight is 365 g/mol. The minimum absolute atomic E-state index is 0.212. The van der Waals surface area contributed by atoms with E-state index < -0.39 is 29.7 Å². The molecule has 146 valence electrons. The molecule has 3 aliphatic rings. The molecule has 3 aliphatic heterocycles. The topological polar surface area (TPSA) is 88.4 Å². The Morgan fingerprint density at radius 1 is 1.38 bits per heavy atom. The summed E-state index contributed by atoms with van der Waals surface area (Å²) >= 11 is 0. The van der Waals surface area contributed by atoms with E-state index in [-0.39, 0.29) is 17.9 Å². The molecule has 6 heteroatoms. The fourth-order valence-corrected chi connectivity index (χ4v) is 3.63. The van der Waals surface area contributed by atoms with Crippen molar-refractivity contribution in [3.8, 4) is 0 Å². The van der Waals surface area contributed by atoms with Gasteiger partial charge in [-0.05, 0) is 51.5 Å². The second-order valence-corrected chi connectivity index (χ2v) is 7.90. The molecule has 0 aromatic rings. The number of carbonyl (C=O) groups excluding carboxylic acids is 1. The van der Waals surface area contributed by atoms with Gasteiger partial charge in [0, 0.05) is 5.57 Å². The van der Waals surface area contributed by atoms with Gasteiger partial charge in [0.05, 0.1) is 12.0 Å². The number of hydrogen-bond donors (Lipinski definition) is 2. The molecule has 0 amide bonds. The van der Waals surface area contributed by atoms with Crippen LogP contribution in [0.15, 0.2) is 22.5 Å². The number of rotatable bonds is 1. The van der Waals surface area contributed by atoms with Gasteiger partial charge in [0.25, 0.3) is 0 Å². The molecule has 26 heavy (non-hydrogen) atoms. The van der Waals surface area contributed by atoms with Crippen molar-refractivity contribution in [1.29, 1.82) is 0 Å². The fraction of sp³-hybridized carbons (Fsp3) is 0.750. The van der Waals surface area contributed by atoms with Gasteiger partial charge in [0.1, 0.15) is 23.5 Å². The molecule has 0 aliphatic carbocycles. The smallest absolute Gasteiger partial charge is 0.312 e. The lowest BCUT2D eigenvalue weighted by Crippen LogP contribution is -2.65. The zero-order valence-electron chi connectivity index (χ0n) is 16.5. The molecule has 0 aromatic heterocycles. The van der Waals surface area contributed by atoms with Crippen LogP contribution < -0.4 is 0 Å². The Hall–Kier alpha value is -1.62. The largest absolute Gasteiger partial charge is 0.457 e. The number of carbonyl (C=O) groups is 1. The van der Waals surface area contributed by atoms with Crippen molar-refractivity contribution in [2.75, 3.05) is 0 Å². The summed E-state index contributed by atoms with van der Waals surface area (Å²) in [6.45, 7) is 11.5. The maximum atomic E-state index is 12.5. The standard InChI is InChI=1S/C20H31NO5/c1-7-15-12(3)9-8-11(2)13(4)10-20(6)18(21-24)17(26-20)16(22)14(5)19(23)25-15/h8,11,13-17,22,24H,7,10H2,1-6H3/b21-18-. The lowest BCUT2D eigenvalue weighted by Gasteiger charge is -2.49. The van der Waals surface area contributed by atoms with Crippen molar-refractivity contribution < 1.29 is 24.6 Å². The summed E-state index contributed by atoms with van der Waals surface area (Å²) in [5, 5.41) is 23.4. The van der Waals surface area contributed by atoms with Crippen LogP contribution in [0.5, 0.6) is 0 Å². The van der Waals surface area contributed by atoms with Crippen LogP contribution in [0.3, 0.4) is 0 Å². The van der Waals surface area contributed by atoms with Crippen molar-refractivity contribution in [1.82, 2.24) is 0 Å². The highest BCUT2D eigenvalue weighted by atomic mass is 16.6. The molecule has 0 spiro atoms. The van der Waals surface area contributed by atoms with Crippen molar-refractivity contribution in [2.24, 2.45) is 22.9 Å². The molecule has 2 bridgehead atoms. The summed E-state index contributed by atoms with van der Waals surface area (Å²) < 4.78 is 11.5. The molecule has 7 atom stereocenters. The Kier molecular flexibility index (Phi) is 6.33. The van der Waals surface area contributed by atoms with Crippen LogP contribution in [0.2, 0.25) is 0 Å². The van der Waals surface area contributed by atoms with Crippen molar-refractivity contribution in [3.63, 3.8) is 0 Å². The molecule has 7 unspecified atom stereocenters. The third kappa shape index (κ3) is 3.88. The molecular weight excluding hydrogens is 334 g/mol. The van der Waals surface area contributed by atoms with Crippen LogP contribution in [0.1, 0.15) is 54.4 Å². The number of esters is 1. The number of aliphatic hydroxyl groups excluding tert-OH is 1. The number of aliphatic hydroxyl groups is 1. The minimum Gasteiger partial charge on any atom is -0.457 e. The van der Waals surface area contributed by atoms with Gasteiger partial charge in [-0.15, -0.1) is 5.73 Å². The van der Waals surface area contributed by atoms with Crippen molar-refractivity contribution in [3.05, 3.63) is 17.4 Å². The Bertz CT molecular complexity index is 636. The molecule has 3 heterocycles. The molecule has 3 rings (SSSR count). The Labute approximate surface area is 155 Å². The zero-order chi connectivity index (χ0) is 19.6. The van der Waals surface area contributed by atoms with Crippen LogP contribution in [0, 0.1) is 17.8 Å². The first-order valence-electron chi connectivity index (χ1n) is 9.36. The summed E-state index contributed by atoms with van der Waals surface area (Å²) in [6, 6.07) is 0. The molecule has 6 nitrogen and oxygen atoms in total. The summed E-state index contributed by atoms with van der Waals surface area (Å²) in [6.07, 6.45) is 0.962. The first-order chi connectivity index (χ1) is 12.1. The summed E-state index contributed by atoms with van der Waals surface area (Å²) in [5.41, 5.74) is 3.75. The van der Waals surface area contributed by atoms with Crippen LogP contribution in [0.25, 0.3) is 0 Å². The quantitative estimate of drug-likeness (QED) is 0.323. The van der Waals surface area contributed by atoms with E-state index in [1.807, 2.05) is 26.8 Å². The Morgan fingerprint density at radius 2 is 2.04 bits per heavy atom. The van der Waals surface area contributed by atoms with E-state index in [1.54, 1.807) is 6.92 Å². The van der Waals surface area contributed by atoms with Gasteiger partial charge in [-0.3, -0.25) is 4.79 Å². The van der Waals surface area contributed by atoms with Gasteiger partial charge in [-0.25, -0.2) is 0 Å². The van der Waals surface area contributed by atoms with Gasteiger partial charge in [-0.1, -0.05) is 25.9 Å². The normalized spacial score (nSPS) is 43.3. The molecule has 1 fully saturated rings. The highest BCUT2D eigenvalue weighted by Gasteiger charge is 2.55. The summed E-state index contributed by atoms with van der Waals surface area (Å²) in [4.78, 5) is 12.5. The van der Waals surface area contributed by atoms with E-state index in [0.29, 0.717) is 18.6 Å². The third-order valence-corrected chi connectivity index (χ3v) is 5.80. The van der Waals surface area contributed by atoms with E-state index in [0.717, 1.165) is 5.57 Å². The zero-order valence-corrected chi connectivity index (χ0v) is 16.5. The van der Waals surface area contributed by atoms with Crippen LogP contribution in [0.4, 0.5) is 0 Å². The maximum absolute atomic E-state index is 12.5. The predicted octanol–water partition coefficient (Wildman–Crippen LogP) is 3.07. The van der Waals surface area contributed by atoms with E-state index in [9.17, 15) is 15.1 Å². The highest BCUT2D eigenvalue weighted by molar-refractivity contribution is 6.01. The van der Waals surface area contributed by atoms with E-state index in [2.05, 4.69) is 24.7 Å². The van der Waals surface area contributed by atoms with Gasteiger partial charge in [-0.2, -0.15) is 0 Å². The SMILES string of the molecule is CCC1OC(=O)C(C)C(O)C2OC(C)(CC(C)C(C)C=C=C1C)/C2=N\O. The second-order valence-electron chi connectivity index (χ2n) is 7.90. The van der Waals surface area contributed by atoms with Gasteiger partial charge in [0.2, 0.25) is 0 Å². The lowest BCUT2D eigenvalue weighted by atomic mass is 9.75. The number of hydrogen-bond acceptors (Lipinski definition) is 6. The number of oxime groups is 1. The first-order valence-corrected chi connectivity index (χ1v) is 9.36. The first kappa shape index (κ1) is 20.7. The Balaban J connectivity index is 2.41. The summed E-state index contributed by atoms with van der Waals surface area (Å²) in [7, 11) is 0. The van der Waals surface area contributed by atoms with Crippen LogP contribution in [-0.2, 0) is 14.3 Å². The van der Waals surface area contributed by atoms with Crippen LogP contribution >= 0.6 is 0 Å². The summed E-state index contributed by atoms with van der Waals surface area (Å²) in [5.74, 6) is -0.840. The average Bonchev–Trinajstić information content (AvgIpc) is 2.59. The number of fused-ring (bicyclic) bond motifs is 8. The van der Waals surface area contributed by atoms with Gasteiger partial charge in [0.15, 0.2) is 0 Å². The third-order valence-electron chi connectivity index (χ3n) is 5.80. The maximum Gasteiger partial charge on any atom is 0.312 e. The van der Waals surface area contributed by atoms with E-state index in [4.69, 9.17) is 9.47 Å². The second kappa shape index (κ2) is 7.95. The van der Waals surface area contributed by atoms with Gasteiger partial charge >= 0.3 is 5.97 Å². The number of nitrogens with zero attached hydrogens (tertiary/aromatic N) is 1. The monoisotopic (exact) mass is 365 g/mol. The Morgan fingerprint density at radius 3 is 2.62 bits per heavy atom. The molecular formula is C20H31NO5. The van der Waals surface area contributed by atoms with Crippen LogP contribution in [-0.4, -0.2) is 45.9 Å². The molecule has 1 saturated heterocycles. The lowest BCUT2D eigenvalue weighted by molar-refractivity contribution is -0.170. The molecule has 0 saturated carbocycles. The highest BCUT2D eigenvalue weighted by Crippen LogP contribution is 2.40. The van der Waals surface area contributed by atoms with E-state index in [1.165, 1.54) is 0 Å². The molecule has 0 aromatic carbocycles. The minimum atomic E-state index is -1.13. The van der Waals surface area contributed by atoms with E-state index >= 15 is 0 Å². The molecule has 0 radical (unpaired) electrons. The predicted molar refractivity (Wildman–Crippen MR) is 98.1 cm³/mol. The molecule has 2 N–H and O–H groups in total. The van der Waals surface area contributed by atoms with Crippen molar-refractivity contribution >= 4 is 11.7 Å².